The van der Waals surface area contributed by atoms with Crippen LogP contribution in [0.15, 0.2) is 29.2 Å². The van der Waals surface area contributed by atoms with Gasteiger partial charge in [0.1, 0.15) is 0 Å². The molecule has 1 aromatic carbocycles. The summed E-state index contributed by atoms with van der Waals surface area (Å²) >= 11 is 0. The predicted molar refractivity (Wildman–Crippen MR) is 102 cm³/mol. The number of benzene rings is 1. The van der Waals surface area contributed by atoms with Crippen LogP contribution in [0.4, 0.5) is 5.69 Å². The smallest absolute Gasteiger partial charge is 0.260 e. The molecule has 26 heavy (non-hydrogen) atoms. The normalized spacial score (nSPS) is 14.2. The minimum absolute atomic E-state index is 0.0343. The van der Waals surface area contributed by atoms with Crippen LogP contribution < -0.4 is 9.62 Å². The third kappa shape index (κ3) is 2.95. The van der Waals surface area contributed by atoms with Crippen LogP contribution in [-0.2, 0) is 16.4 Å². The summed E-state index contributed by atoms with van der Waals surface area (Å²) in [4.78, 5) is 15.1. The quantitative estimate of drug-likeness (QED) is 0.893. The van der Waals surface area contributed by atoms with Gasteiger partial charge in [0.2, 0.25) is 10.0 Å². The minimum atomic E-state index is -3.48. The molecule has 0 radical (unpaired) electrons. The van der Waals surface area contributed by atoms with Gasteiger partial charge in [-0.05, 0) is 71.0 Å². The SMILES string of the molecule is CNS(=O)(=O)c1ccc2c(c1)CCN2C(=O)c1cc(C)n(C(C)C)c1C. The fourth-order valence-corrected chi connectivity index (χ4v) is 4.59. The molecule has 0 bridgehead atoms. The van der Waals surface area contributed by atoms with Crippen molar-refractivity contribution in [3.8, 4) is 0 Å². The highest BCUT2D eigenvalue weighted by atomic mass is 32.2. The molecule has 140 valence electrons. The Morgan fingerprint density at radius 3 is 2.46 bits per heavy atom. The van der Waals surface area contributed by atoms with Crippen LogP contribution in [0.1, 0.15) is 47.2 Å². The summed E-state index contributed by atoms with van der Waals surface area (Å²) in [6, 6.07) is 7.16. The first-order valence-electron chi connectivity index (χ1n) is 8.74. The summed E-state index contributed by atoms with van der Waals surface area (Å²) in [6.45, 7) is 8.74. The molecule has 1 N–H and O–H groups in total. The lowest BCUT2D eigenvalue weighted by Crippen LogP contribution is -2.29. The van der Waals surface area contributed by atoms with E-state index in [1.807, 2.05) is 19.9 Å². The molecule has 0 saturated heterocycles. The molecule has 0 spiro atoms. The number of carbonyl (C=O) groups excluding carboxylic acids is 1. The van der Waals surface area contributed by atoms with E-state index >= 15 is 0 Å². The number of amides is 1. The van der Waals surface area contributed by atoms with Gasteiger partial charge in [-0.2, -0.15) is 0 Å². The standard InChI is InChI=1S/C19H25N3O3S/c1-12(2)22-13(3)10-17(14(22)4)19(23)21-9-8-15-11-16(6-7-18(15)21)26(24,25)20-5/h6-7,10-12,20H,8-9H2,1-5H3. The van der Waals surface area contributed by atoms with Crippen LogP contribution in [0, 0.1) is 13.8 Å². The summed E-state index contributed by atoms with van der Waals surface area (Å²) in [5.41, 5.74) is 4.41. The van der Waals surface area contributed by atoms with Crippen LogP contribution in [0.3, 0.4) is 0 Å². The van der Waals surface area contributed by atoms with E-state index in [4.69, 9.17) is 0 Å². The first kappa shape index (κ1) is 18.7. The van der Waals surface area contributed by atoms with Crippen molar-refractivity contribution < 1.29 is 13.2 Å². The second-order valence-electron chi connectivity index (χ2n) is 6.95. The van der Waals surface area contributed by atoms with Crippen LogP contribution in [0.2, 0.25) is 0 Å². The lowest BCUT2D eigenvalue weighted by atomic mass is 10.1. The van der Waals surface area contributed by atoms with Gasteiger partial charge in [-0.3, -0.25) is 4.79 Å². The Hall–Kier alpha value is -2.12. The highest BCUT2D eigenvalue weighted by Crippen LogP contribution is 2.32. The Balaban J connectivity index is 1.97. The fourth-order valence-electron chi connectivity index (χ4n) is 3.81. The zero-order valence-corrected chi connectivity index (χ0v) is 16.6. The fraction of sp³-hybridized carbons (Fsp3) is 0.421. The zero-order valence-electron chi connectivity index (χ0n) is 15.8. The van der Waals surface area contributed by atoms with Crippen molar-refractivity contribution in [1.82, 2.24) is 9.29 Å². The molecule has 0 atom stereocenters. The van der Waals surface area contributed by atoms with Gasteiger partial charge >= 0.3 is 0 Å². The van der Waals surface area contributed by atoms with Crippen molar-refractivity contribution in [2.24, 2.45) is 0 Å². The molecule has 0 aliphatic carbocycles. The van der Waals surface area contributed by atoms with Crippen LogP contribution in [0.25, 0.3) is 0 Å². The molecule has 1 aliphatic heterocycles. The van der Waals surface area contributed by atoms with E-state index in [0.29, 0.717) is 18.5 Å². The molecule has 2 aromatic rings. The van der Waals surface area contributed by atoms with Crippen molar-refractivity contribution in [1.29, 1.82) is 0 Å². The van der Waals surface area contributed by atoms with E-state index in [2.05, 4.69) is 23.1 Å². The van der Waals surface area contributed by atoms with Gasteiger partial charge < -0.3 is 9.47 Å². The highest BCUT2D eigenvalue weighted by molar-refractivity contribution is 7.89. The van der Waals surface area contributed by atoms with Crippen LogP contribution in [-0.4, -0.2) is 32.5 Å². The second kappa shape index (κ2) is 6.55. The second-order valence-corrected chi connectivity index (χ2v) is 8.84. The highest BCUT2D eigenvalue weighted by Gasteiger charge is 2.29. The number of hydrogen-bond donors (Lipinski definition) is 1. The molecule has 6 nitrogen and oxygen atoms in total. The van der Waals surface area contributed by atoms with Gasteiger partial charge in [0, 0.05) is 29.7 Å². The van der Waals surface area contributed by atoms with Gasteiger partial charge in [-0.15, -0.1) is 0 Å². The van der Waals surface area contributed by atoms with Gasteiger partial charge in [0.05, 0.1) is 10.5 Å². The molecule has 0 unspecified atom stereocenters. The van der Waals surface area contributed by atoms with Crippen molar-refractivity contribution in [2.45, 2.75) is 45.1 Å². The molecule has 2 heterocycles. The van der Waals surface area contributed by atoms with Crippen molar-refractivity contribution >= 4 is 21.6 Å². The molecule has 7 heteroatoms. The topological polar surface area (TPSA) is 71.4 Å². The largest absolute Gasteiger partial charge is 0.346 e. The number of aromatic nitrogens is 1. The molecule has 1 aromatic heterocycles. The van der Waals surface area contributed by atoms with Crippen molar-refractivity contribution in [3.63, 3.8) is 0 Å². The Morgan fingerprint density at radius 1 is 1.19 bits per heavy atom. The molecule has 0 fully saturated rings. The number of sulfonamides is 1. The van der Waals surface area contributed by atoms with E-state index in [1.165, 1.54) is 7.05 Å². The number of nitrogens with zero attached hydrogens (tertiary/aromatic N) is 2. The van der Waals surface area contributed by atoms with E-state index < -0.39 is 10.0 Å². The Bertz CT molecular complexity index is 974. The molecular formula is C19H25N3O3S. The number of nitrogens with one attached hydrogen (secondary N) is 1. The number of anilines is 1. The summed E-state index contributed by atoms with van der Waals surface area (Å²) in [7, 11) is -2.09. The van der Waals surface area contributed by atoms with Crippen LogP contribution >= 0.6 is 0 Å². The number of fused-ring (bicyclic) bond motifs is 1. The van der Waals surface area contributed by atoms with Gasteiger partial charge in [-0.1, -0.05) is 0 Å². The third-order valence-electron chi connectivity index (χ3n) is 5.00. The van der Waals surface area contributed by atoms with E-state index in [9.17, 15) is 13.2 Å². The monoisotopic (exact) mass is 375 g/mol. The molecule has 0 saturated carbocycles. The van der Waals surface area contributed by atoms with Gasteiger partial charge in [0.15, 0.2) is 0 Å². The number of hydrogen-bond acceptors (Lipinski definition) is 3. The zero-order chi connectivity index (χ0) is 19.2. The summed E-state index contributed by atoms with van der Waals surface area (Å²) in [6.07, 6.45) is 0.650. The minimum Gasteiger partial charge on any atom is -0.346 e. The van der Waals surface area contributed by atoms with Crippen molar-refractivity contribution in [2.75, 3.05) is 18.5 Å². The Morgan fingerprint density at radius 2 is 1.88 bits per heavy atom. The molecule has 3 rings (SSSR count). The van der Waals surface area contributed by atoms with E-state index in [1.54, 1.807) is 23.1 Å². The maximum Gasteiger partial charge on any atom is 0.260 e. The van der Waals surface area contributed by atoms with Crippen LogP contribution in [0.5, 0.6) is 0 Å². The van der Waals surface area contributed by atoms with Crippen molar-refractivity contribution in [3.05, 3.63) is 46.8 Å². The maximum absolute atomic E-state index is 13.1. The van der Waals surface area contributed by atoms with Gasteiger partial charge in [-0.25, -0.2) is 13.1 Å². The first-order chi connectivity index (χ1) is 12.2. The Kier molecular flexibility index (Phi) is 4.71. The Labute approximate surface area is 154 Å². The number of rotatable bonds is 4. The number of aryl methyl sites for hydroxylation is 1. The first-order valence-corrected chi connectivity index (χ1v) is 10.2. The summed E-state index contributed by atoms with van der Waals surface area (Å²) in [5.74, 6) is -0.0343. The average molecular weight is 375 g/mol. The lowest BCUT2D eigenvalue weighted by molar-refractivity contribution is 0.0988. The predicted octanol–water partition coefficient (Wildman–Crippen LogP) is 2.80. The summed E-state index contributed by atoms with van der Waals surface area (Å²) in [5, 5.41) is 0. The maximum atomic E-state index is 13.1. The molecule has 1 aliphatic rings. The third-order valence-corrected chi connectivity index (χ3v) is 6.41. The summed E-state index contributed by atoms with van der Waals surface area (Å²) < 4.78 is 28.5. The van der Waals surface area contributed by atoms with E-state index in [-0.39, 0.29) is 16.8 Å². The number of carbonyl (C=O) groups is 1. The average Bonchev–Trinajstić information content (AvgIpc) is 3.14. The molecule has 1 amide bonds. The lowest BCUT2D eigenvalue weighted by Gasteiger charge is -2.18. The van der Waals surface area contributed by atoms with E-state index in [0.717, 1.165) is 22.6 Å². The molecular weight excluding hydrogens is 350 g/mol. The van der Waals surface area contributed by atoms with Gasteiger partial charge in [0.25, 0.3) is 5.91 Å².